The average Bonchev–Trinajstić information content (AvgIpc) is 2.04. The van der Waals surface area contributed by atoms with E-state index in [1.165, 1.54) is 6.42 Å². The third-order valence-corrected chi connectivity index (χ3v) is 2.30. The van der Waals surface area contributed by atoms with Gasteiger partial charge in [-0.2, -0.15) is 0 Å². The van der Waals surface area contributed by atoms with Gasteiger partial charge in [0.25, 0.3) is 0 Å². The molecule has 2 unspecified atom stereocenters. The largest absolute Gasteiger partial charge is 0.396 e. The van der Waals surface area contributed by atoms with Gasteiger partial charge in [0.05, 0.1) is 0 Å². The predicted molar refractivity (Wildman–Crippen MR) is 39.3 cm³/mol. The summed E-state index contributed by atoms with van der Waals surface area (Å²) in [7, 11) is 0. The molecule has 0 bridgehead atoms. The van der Waals surface area contributed by atoms with Crippen molar-refractivity contribution in [1.82, 2.24) is 0 Å². The van der Waals surface area contributed by atoms with Gasteiger partial charge in [-0.25, -0.2) is 0 Å². The Morgan fingerprint density at radius 3 is 2.60 bits per heavy atom. The van der Waals surface area contributed by atoms with Crippen molar-refractivity contribution in [3.63, 3.8) is 0 Å². The first-order chi connectivity index (χ1) is 4.88. The Morgan fingerprint density at radius 1 is 1.30 bits per heavy atom. The average molecular weight is 143 g/mol. The zero-order valence-electron chi connectivity index (χ0n) is 6.16. The first kappa shape index (κ1) is 8.02. The zero-order chi connectivity index (χ0) is 7.40. The standard InChI is InChI=1S/C8H15O2/c9-5-7-3-1-2-4-8(7)6-10/h3,7-10H,1-2,4-6H2. The lowest BCUT2D eigenvalue weighted by atomic mass is 9.80. The predicted octanol–water partition coefficient (Wildman–Crippen LogP) is 0.592. The summed E-state index contributed by atoms with van der Waals surface area (Å²) >= 11 is 0. The van der Waals surface area contributed by atoms with E-state index in [0.717, 1.165) is 12.8 Å². The van der Waals surface area contributed by atoms with Gasteiger partial charge in [-0.15, -0.1) is 0 Å². The van der Waals surface area contributed by atoms with Crippen molar-refractivity contribution >= 4 is 0 Å². The molecule has 2 N–H and O–H groups in total. The minimum Gasteiger partial charge on any atom is -0.396 e. The van der Waals surface area contributed by atoms with Crippen molar-refractivity contribution in [1.29, 1.82) is 0 Å². The highest BCUT2D eigenvalue weighted by atomic mass is 16.3. The second-order valence-corrected chi connectivity index (χ2v) is 2.96. The summed E-state index contributed by atoms with van der Waals surface area (Å²) in [5, 5.41) is 17.7. The maximum absolute atomic E-state index is 8.86. The van der Waals surface area contributed by atoms with Crippen molar-refractivity contribution in [2.45, 2.75) is 19.3 Å². The van der Waals surface area contributed by atoms with E-state index in [1.54, 1.807) is 0 Å². The number of hydrogen-bond donors (Lipinski definition) is 2. The van der Waals surface area contributed by atoms with Crippen LogP contribution in [0.15, 0.2) is 0 Å². The van der Waals surface area contributed by atoms with Gasteiger partial charge >= 0.3 is 0 Å². The molecule has 1 saturated carbocycles. The molecule has 10 heavy (non-hydrogen) atoms. The molecule has 1 rings (SSSR count). The molecule has 0 aromatic rings. The lowest BCUT2D eigenvalue weighted by Gasteiger charge is -2.27. The molecule has 1 aliphatic carbocycles. The first-order valence-electron chi connectivity index (χ1n) is 3.93. The van der Waals surface area contributed by atoms with Crippen LogP contribution in [-0.2, 0) is 0 Å². The summed E-state index contributed by atoms with van der Waals surface area (Å²) in [5.74, 6) is 0.567. The van der Waals surface area contributed by atoms with Crippen LogP contribution >= 0.6 is 0 Å². The lowest BCUT2D eigenvalue weighted by Crippen LogP contribution is -2.25. The first-order valence-corrected chi connectivity index (χ1v) is 3.93. The van der Waals surface area contributed by atoms with Gasteiger partial charge in [0.2, 0.25) is 0 Å². The van der Waals surface area contributed by atoms with Crippen LogP contribution in [0.3, 0.4) is 0 Å². The van der Waals surface area contributed by atoms with Gasteiger partial charge in [0, 0.05) is 13.2 Å². The molecular weight excluding hydrogens is 128 g/mol. The minimum absolute atomic E-state index is 0.200. The third kappa shape index (κ3) is 1.70. The summed E-state index contributed by atoms with van der Waals surface area (Å²) in [4.78, 5) is 0. The summed E-state index contributed by atoms with van der Waals surface area (Å²) in [5.41, 5.74) is 0. The van der Waals surface area contributed by atoms with Gasteiger partial charge < -0.3 is 10.2 Å². The van der Waals surface area contributed by atoms with Crippen molar-refractivity contribution in [3.8, 4) is 0 Å². The third-order valence-electron chi connectivity index (χ3n) is 2.30. The fourth-order valence-electron chi connectivity index (χ4n) is 1.57. The molecule has 0 aliphatic heterocycles. The molecule has 1 aliphatic rings. The molecule has 0 spiro atoms. The summed E-state index contributed by atoms with van der Waals surface area (Å²) in [6.07, 6.45) is 5.46. The Morgan fingerprint density at radius 2 is 2.10 bits per heavy atom. The van der Waals surface area contributed by atoms with E-state index in [2.05, 4.69) is 6.42 Å². The van der Waals surface area contributed by atoms with Gasteiger partial charge in [0.1, 0.15) is 0 Å². The highest BCUT2D eigenvalue weighted by molar-refractivity contribution is 4.86. The smallest absolute Gasteiger partial charge is 0.0465 e. The maximum Gasteiger partial charge on any atom is 0.0465 e. The molecule has 2 nitrogen and oxygen atoms in total. The Kier molecular flexibility index (Phi) is 3.16. The molecule has 0 heterocycles. The SMILES string of the molecule is OCC1[CH]CCCC1CO. The normalized spacial score (nSPS) is 34.2. The molecule has 0 amide bonds. The van der Waals surface area contributed by atoms with E-state index in [0.29, 0.717) is 5.92 Å². The van der Waals surface area contributed by atoms with Crippen LogP contribution in [0.4, 0.5) is 0 Å². The van der Waals surface area contributed by atoms with Crippen LogP contribution in [0.25, 0.3) is 0 Å². The van der Waals surface area contributed by atoms with E-state index < -0.39 is 0 Å². The fourth-order valence-corrected chi connectivity index (χ4v) is 1.57. The topological polar surface area (TPSA) is 40.5 Å². The zero-order valence-corrected chi connectivity index (χ0v) is 6.16. The Labute approximate surface area is 61.9 Å². The quantitative estimate of drug-likeness (QED) is 0.594. The highest BCUT2D eigenvalue weighted by Gasteiger charge is 2.23. The van der Waals surface area contributed by atoms with E-state index in [1.807, 2.05) is 0 Å². The minimum atomic E-state index is 0.200. The summed E-state index contributed by atoms with van der Waals surface area (Å²) in [6.45, 7) is 0.424. The molecular formula is C8H15O2. The molecule has 0 aromatic heterocycles. The van der Waals surface area contributed by atoms with E-state index in [-0.39, 0.29) is 19.1 Å². The molecule has 59 valence electrons. The maximum atomic E-state index is 8.86. The van der Waals surface area contributed by atoms with E-state index in [9.17, 15) is 0 Å². The van der Waals surface area contributed by atoms with Crippen LogP contribution in [-0.4, -0.2) is 23.4 Å². The monoisotopic (exact) mass is 143 g/mol. The van der Waals surface area contributed by atoms with Crippen molar-refractivity contribution in [3.05, 3.63) is 6.42 Å². The number of aliphatic hydroxyl groups excluding tert-OH is 2. The van der Waals surface area contributed by atoms with Crippen molar-refractivity contribution in [2.24, 2.45) is 11.8 Å². The number of hydrogen-bond acceptors (Lipinski definition) is 2. The van der Waals surface area contributed by atoms with Gasteiger partial charge in [-0.1, -0.05) is 6.42 Å². The summed E-state index contributed by atoms with van der Waals surface area (Å²) in [6, 6.07) is 0. The fraction of sp³-hybridized carbons (Fsp3) is 0.875. The van der Waals surface area contributed by atoms with Crippen LogP contribution < -0.4 is 0 Å². The van der Waals surface area contributed by atoms with Gasteiger partial charge in [-0.05, 0) is 31.1 Å². The van der Waals surface area contributed by atoms with Crippen molar-refractivity contribution < 1.29 is 10.2 Å². The molecule has 0 aromatic carbocycles. The lowest BCUT2D eigenvalue weighted by molar-refractivity contribution is 0.115. The van der Waals surface area contributed by atoms with Crippen LogP contribution in [0.1, 0.15) is 19.3 Å². The molecule has 2 atom stereocenters. The van der Waals surface area contributed by atoms with E-state index in [4.69, 9.17) is 10.2 Å². The Bertz CT molecular complexity index is 81.3. The molecule has 0 saturated heterocycles. The molecule has 2 heteroatoms. The van der Waals surface area contributed by atoms with Crippen molar-refractivity contribution in [2.75, 3.05) is 13.2 Å². The van der Waals surface area contributed by atoms with Crippen LogP contribution in [0.5, 0.6) is 0 Å². The summed E-state index contributed by atoms with van der Waals surface area (Å²) < 4.78 is 0. The van der Waals surface area contributed by atoms with Crippen LogP contribution in [0, 0.1) is 18.3 Å². The second kappa shape index (κ2) is 3.94. The second-order valence-electron chi connectivity index (χ2n) is 2.96. The Hall–Kier alpha value is -0.0800. The highest BCUT2D eigenvalue weighted by Crippen LogP contribution is 2.27. The molecule has 1 radical (unpaired) electrons. The molecule has 1 fully saturated rings. The van der Waals surface area contributed by atoms with Gasteiger partial charge in [0.15, 0.2) is 0 Å². The van der Waals surface area contributed by atoms with Crippen LogP contribution in [0.2, 0.25) is 0 Å². The van der Waals surface area contributed by atoms with E-state index >= 15 is 0 Å². The number of rotatable bonds is 2. The van der Waals surface area contributed by atoms with Gasteiger partial charge in [-0.3, -0.25) is 0 Å². The number of aliphatic hydroxyl groups is 2. The Balaban J connectivity index is 2.34.